The first-order valence-corrected chi connectivity index (χ1v) is 10.3. The van der Waals surface area contributed by atoms with E-state index < -0.39 is 0 Å². The van der Waals surface area contributed by atoms with Crippen LogP contribution in [0.5, 0.6) is 0 Å². The van der Waals surface area contributed by atoms with Crippen LogP contribution in [0.4, 0.5) is 0 Å². The van der Waals surface area contributed by atoms with Gasteiger partial charge in [0, 0.05) is 0 Å². The van der Waals surface area contributed by atoms with Gasteiger partial charge in [-0.05, 0) is 26.2 Å². The van der Waals surface area contributed by atoms with Crippen LogP contribution < -0.4 is 0 Å². The van der Waals surface area contributed by atoms with Crippen LogP contribution in [0.15, 0.2) is 0 Å². The molecule has 138 valence electrons. The highest BCUT2D eigenvalue weighted by atomic mass is 16.5. The maximum atomic E-state index is 12.2. The minimum Gasteiger partial charge on any atom is -0.465 e. The molecular weight excluding hydrogens is 284 g/mol. The highest BCUT2D eigenvalue weighted by molar-refractivity contribution is 5.76. The topological polar surface area (TPSA) is 26.3 Å². The third-order valence-corrected chi connectivity index (χ3v) is 5.09. The van der Waals surface area contributed by atoms with Crippen LogP contribution in [-0.2, 0) is 9.53 Å². The molecular formula is C21H42O2. The number of ether oxygens (including phenoxy) is 1. The van der Waals surface area contributed by atoms with Crippen molar-refractivity contribution in [3.8, 4) is 0 Å². The molecule has 0 fully saturated rings. The van der Waals surface area contributed by atoms with Crippen molar-refractivity contribution in [3.05, 3.63) is 0 Å². The summed E-state index contributed by atoms with van der Waals surface area (Å²) in [5, 5.41) is 0. The largest absolute Gasteiger partial charge is 0.465 e. The molecule has 2 nitrogen and oxygen atoms in total. The number of hydrogen-bond donors (Lipinski definition) is 0. The third-order valence-electron chi connectivity index (χ3n) is 5.09. The molecule has 0 aliphatic carbocycles. The fraction of sp³-hybridized carbons (Fsp3) is 0.952. The summed E-state index contributed by atoms with van der Waals surface area (Å²) < 4.78 is 5.53. The van der Waals surface area contributed by atoms with Gasteiger partial charge in [-0.15, -0.1) is 0 Å². The predicted octanol–water partition coefficient (Wildman–Crippen LogP) is 7.06. The van der Waals surface area contributed by atoms with Crippen LogP contribution in [0, 0.1) is 5.41 Å². The molecule has 2 heteroatoms. The number of hydrogen-bond acceptors (Lipinski definition) is 2. The maximum absolute atomic E-state index is 12.2. The smallest absolute Gasteiger partial charge is 0.311 e. The predicted molar refractivity (Wildman–Crippen MR) is 101 cm³/mol. The third kappa shape index (κ3) is 11.6. The lowest BCUT2D eigenvalue weighted by molar-refractivity contribution is -0.155. The van der Waals surface area contributed by atoms with Crippen LogP contribution in [0.25, 0.3) is 0 Å². The van der Waals surface area contributed by atoms with E-state index in [2.05, 4.69) is 27.7 Å². The summed E-state index contributed by atoms with van der Waals surface area (Å²) in [4.78, 5) is 12.2. The van der Waals surface area contributed by atoms with E-state index in [1.165, 1.54) is 57.8 Å². The van der Waals surface area contributed by atoms with Gasteiger partial charge in [0.2, 0.25) is 0 Å². The van der Waals surface area contributed by atoms with Crippen LogP contribution >= 0.6 is 0 Å². The molecule has 0 aromatic rings. The van der Waals surface area contributed by atoms with Crippen molar-refractivity contribution >= 4 is 5.97 Å². The van der Waals surface area contributed by atoms with Crippen molar-refractivity contribution in [3.63, 3.8) is 0 Å². The molecule has 1 atom stereocenters. The maximum Gasteiger partial charge on any atom is 0.311 e. The van der Waals surface area contributed by atoms with Gasteiger partial charge in [0.05, 0.1) is 12.0 Å². The van der Waals surface area contributed by atoms with Crippen molar-refractivity contribution in [1.29, 1.82) is 0 Å². The van der Waals surface area contributed by atoms with Gasteiger partial charge in [-0.1, -0.05) is 91.4 Å². The highest BCUT2D eigenvalue weighted by Crippen LogP contribution is 2.29. The summed E-state index contributed by atoms with van der Waals surface area (Å²) >= 11 is 0. The van der Waals surface area contributed by atoms with Crippen molar-refractivity contribution in [1.82, 2.24) is 0 Å². The Balaban J connectivity index is 3.54. The Labute approximate surface area is 145 Å². The van der Waals surface area contributed by atoms with Crippen LogP contribution in [0.3, 0.4) is 0 Å². The van der Waals surface area contributed by atoms with E-state index in [4.69, 9.17) is 4.74 Å². The highest BCUT2D eigenvalue weighted by Gasteiger charge is 2.31. The molecule has 0 saturated carbocycles. The van der Waals surface area contributed by atoms with Gasteiger partial charge in [0.1, 0.15) is 0 Å². The monoisotopic (exact) mass is 326 g/mol. The van der Waals surface area contributed by atoms with E-state index in [0.717, 1.165) is 32.1 Å². The van der Waals surface area contributed by atoms with Gasteiger partial charge < -0.3 is 4.74 Å². The Morgan fingerprint density at radius 2 is 1.22 bits per heavy atom. The van der Waals surface area contributed by atoms with Gasteiger partial charge >= 0.3 is 5.97 Å². The van der Waals surface area contributed by atoms with E-state index in [1.807, 2.05) is 0 Å². The molecule has 0 aromatic carbocycles. The summed E-state index contributed by atoms with van der Waals surface area (Å²) in [6.45, 7) is 9.20. The minimum atomic E-state index is -0.269. The summed E-state index contributed by atoms with van der Waals surface area (Å²) in [6, 6.07) is 0. The number of esters is 1. The van der Waals surface area contributed by atoms with Crippen molar-refractivity contribution in [2.24, 2.45) is 5.41 Å². The number of carbonyl (C=O) groups excluding carboxylic acids is 1. The average molecular weight is 327 g/mol. The molecule has 0 rings (SSSR count). The van der Waals surface area contributed by atoms with E-state index >= 15 is 0 Å². The van der Waals surface area contributed by atoms with Crippen molar-refractivity contribution in [2.75, 3.05) is 6.61 Å². The second-order valence-corrected chi connectivity index (χ2v) is 7.34. The van der Waals surface area contributed by atoms with Gasteiger partial charge in [0.15, 0.2) is 0 Å². The zero-order valence-electron chi connectivity index (χ0n) is 16.4. The number of rotatable bonds is 16. The molecule has 0 bridgehead atoms. The second-order valence-electron chi connectivity index (χ2n) is 7.34. The Bertz CT molecular complexity index is 275. The molecule has 0 heterocycles. The Hall–Kier alpha value is -0.530. The van der Waals surface area contributed by atoms with E-state index in [1.54, 1.807) is 0 Å². The molecule has 0 saturated heterocycles. The molecule has 0 amide bonds. The zero-order valence-corrected chi connectivity index (χ0v) is 16.4. The lowest BCUT2D eigenvalue weighted by Gasteiger charge is -2.25. The molecule has 1 unspecified atom stereocenters. The molecule has 0 radical (unpaired) electrons. The molecule has 0 aromatic heterocycles. The lowest BCUT2D eigenvalue weighted by Crippen LogP contribution is -2.29. The van der Waals surface area contributed by atoms with Crippen LogP contribution in [0.2, 0.25) is 0 Å². The van der Waals surface area contributed by atoms with Crippen LogP contribution in [0.1, 0.15) is 118 Å². The summed E-state index contributed by atoms with van der Waals surface area (Å²) in [6.07, 6.45) is 17.2. The number of unbranched alkanes of at least 4 members (excludes halogenated alkanes) is 10. The first-order chi connectivity index (χ1) is 11.1. The Morgan fingerprint density at radius 3 is 1.70 bits per heavy atom. The molecule has 0 spiro atoms. The SMILES string of the molecule is CCCCCCCCCCCCOC(=O)C(C)(CC)CCCC. The fourth-order valence-electron chi connectivity index (χ4n) is 2.92. The molecule has 0 aliphatic rings. The van der Waals surface area contributed by atoms with Gasteiger partial charge in [-0.25, -0.2) is 0 Å². The Morgan fingerprint density at radius 1 is 0.739 bits per heavy atom. The van der Waals surface area contributed by atoms with E-state index in [-0.39, 0.29) is 11.4 Å². The molecule has 0 aliphatic heterocycles. The summed E-state index contributed by atoms with van der Waals surface area (Å²) in [5.41, 5.74) is -0.269. The normalized spacial score (nSPS) is 13.7. The van der Waals surface area contributed by atoms with Gasteiger partial charge in [0.25, 0.3) is 0 Å². The molecule has 0 N–H and O–H groups in total. The zero-order chi connectivity index (χ0) is 17.4. The van der Waals surface area contributed by atoms with Gasteiger partial charge in [-0.2, -0.15) is 0 Å². The van der Waals surface area contributed by atoms with E-state index in [0.29, 0.717) is 6.61 Å². The average Bonchev–Trinajstić information content (AvgIpc) is 2.57. The van der Waals surface area contributed by atoms with Crippen LogP contribution in [-0.4, -0.2) is 12.6 Å². The van der Waals surface area contributed by atoms with Crippen molar-refractivity contribution < 1.29 is 9.53 Å². The van der Waals surface area contributed by atoms with Crippen molar-refractivity contribution in [2.45, 2.75) is 118 Å². The standard InChI is InChI=1S/C21H42O2/c1-5-8-10-11-12-13-14-15-16-17-19-23-20(22)21(4,7-3)18-9-6-2/h5-19H2,1-4H3. The first kappa shape index (κ1) is 22.5. The van der Waals surface area contributed by atoms with Gasteiger partial charge in [-0.3, -0.25) is 4.79 Å². The summed E-state index contributed by atoms with van der Waals surface area (Å²) in [7, 11) is 0. The molecule has 23 heavy (non-hydrogen) atoms. The minimum absolute atomic E-state index is 0.0179. The fourth-order valence-corrected chi connectivity index (χ4v) is 2.92. The second kappa shape index (κ2) is 15.0. The lowest BCUT2D eigenvalue weighted by atomic mass is 9.82. The first-order valence-electron chi connectivity index (χ1n) is 10.3. The number of carbonyl (C=O) groups is 1. The summed E-state index contributed by atoms with van der Waals surface area (Å²) in [5.74, 6) is 0.0179. The quantitative estimate of drug-likeness (QED) is 0.224. The Kier molecular flexibility index (Phi) is 14.7. The van der Waals surface area contributed by atoms with E-state index in [9.17, 15) is 4.79 Å².